The predicted octanol–water partition coefficient (Wildman–Crippen LogP) is 4.11. The Morgan fingerprint density at radius 3 is 2.23 bits per heavy atom. The van der Waals surface area contributed by atoms with Crippen molar-refractivity contribution < 1.29 is 8.42 Å². The number of halogens is 1. The van der Waals surface area contributed by atoms with Crippen LogP contribution in [0.1, 0.15) is 17.0 Å². The molecule has 3 aromatic carbocycles. The summed E-state index contributed by atoms with van der Waals surface area (Å²) in [6.07, 6.45) is 0. The second-order valence-electron chi connectivity index (χ2n) is 7.00. The van der Waals surface area contributed by atoms with Crippen LogP contribution in [0.15, 0.2) is 99.9 Å². The Morgan fingerprint density at radius 2 is 1.61 bits per heavy atom. The number of hydrogen-bond donors (Lipinski definition) is 1. The van der Waals surface area contributed by atoms with E-state index in [9.17, 15) is 8.42 Å². The molecule has 0 bridgehead atoms. The molecule has 1 aliphatic rings. The van der Waals surface area contributed by atoms with Crippen molar-refractivity contribution in [1.82, 2.24) is 9.73 Å². The highest BCUT2D eigenvalue weighted by molar-refractivity contribution is 7.90. The van der Waals surface area contributed by atoms with Gasteiger partial charge in [-0.25, -0.2) is 18.1 Å². The topological polar surface area (TPSA) is 74.1 Å². The van der Waals surface area contributed by atoms with Crippen LogP contribution in [0.25, 0.3) is 0 Å². The highest BCUT2D eigenvalue weighted by Crippen LogP contribution is 2.29. The quantitative estimate of drug-likeness (QED) is 0.478. The molecule has 158 valence electrons. The SMILES string of the molecule is CN=C(NS(=O)(=O)c1ccc(Cl)cc1)N1C[C@H](c2ccccc2)C(c2ccccc2)=N1. The number of rotatable bonds is 4. The molecular weight excluding hydrogens is 432 g/mol. The van der Waals surface area contributed by atoms with E-state index >= 15 is 0 Å². The lowest BCUT2D eigenvalue weighted by molar-refractivity contribution is 0.462. The molecule has 1 N–H and O–H groups in total. The number of hydrogen-bond acceptors (Lipinski definition) is 4. The molecule has 3 aromatic rings. The van der Waals surface area contributed by atoms with Crippen molar-refractivity contribution in [2.45, 2.75) is 10.8 Å². The van der Waals surface area contributed by atoms with E-state index in [1.54, 1.807) is 5.01 Å². The van der Waals surface area contributed by atoms with Crippen molar-refractivity contribution >= 4 is 33.3 Å². The van der Waals surface area contributed by atoms with Crippen LogP contribution >= 0.6 is 11.6 Å². The smallest absolute Gasteiger partial charge is 0.254 e. The van der Waals surface area contributed by atoms with Gasteiger partial charge in [0.25, 0.3) is 10.0 Å². The molecule has 1 heterocycles. The molecule has 0 aliphatic carbocycles. The standard InChI is InChI=1S/C23H21ClN4O2S/c1-25-23(27-31(29,30)20-14-12-19(24)13-15-20)28-16-21(17-8-4-2-5-9-17)22(26-28)18-10-6-3-7-11-18/h2-15,21H,16H2,1H3,(H,25,27)/t21-/m1/s1. The maximum atomic E-state index is 12.9. The van der Waals surface area contributed by atoms with Gasteiger partial charge in [0.05, 0.1) is 17.2 Å². The Labute approximate surface area is 186 Å². The minimum atomic E-state index is -3.84. The lowest BCUT2D eigenvalue weighted by Crippen LogP contribution is -2.41. The molecule has 0 saturated heterocycles. The van der Waals surface area contributed by atoms with Crippen molar-refractivity contribution in [3.8, 4) is 0 Å². The Kier molecular flexibility index (Phi) is 6.06. The Balaban J connectivity index is 1.66. The number of hydrazone groups is 1. The van der Waals surface area contributed by atoms with E-state index in [1.807, 2.05) is 60.7 Å². The molecular formula is C23H21ClN4O2S. The Bertz CT molecular complexity index is 1210. The van der Waals surface area contributed by atoms with Gasteiger partial charge >= 0.3 is 0 Å². The fraction of sp³-hybridized carbons (Fsp3) is 0.130. The van der Waals surface area contributed by atoms with E-state index in [0.29, 0.717) is 11.6 Å². The van der Waals surface area contributed by atoms with Crippen LogP contribution in [-0.2, 0) is 10.0 Å². The van der Waals surface area contributed by atoms with Crippen LogP contribution < -0.4 is 4.72 Å². The highest BCUT2D eigenvalue weighted by Gasteiger charge is 2.32. The highest BCUT2D eigenvalue weighted by atomic mass is 35.5. The van der Waals surface area contributed by atoms with E-state index < -0.39 is 10.0 Å². The van der Waals surface area contributed by atoms with Crippen molar-refractivity contribution in [1.29, 1.82) is 0 Å². The second kappa shape index (κ2) is 8.91. The minimum Gasteiger partial charge on any atom is -0.254 e. The fourth-order valence-corrected chi connectivity index (χ4v) is 4.63. The van der Waals surface area contributed by atoms with E-state index in [-0.39, 0.29) is 16.8 Å². The molecule has 1 aliphatic heterocycles. The second-order valence-corrected chi connectivity index (χ2v) is 9.12. The van der Waals surface area contributed by atoms with E-state index in [2.05, 4.69) is 9.71 Å². The monoisotopic (exact) mass is 452 g/mol. The first kappa shape index (κ1) is 21.1. The van der Waals surface area contributed by atoms with E-state index in [4.69, 9.17) is 16.7 Å². The fourth-order valence-electron chi connectivity index (χ4n) is 3.46. The number of aliphatic imine (C=N–C) groups is 1. The number of guanidine groups is 1. The molecule has 0 fully saturated rings. The van der Waals surface area contributed by atoms with Crippen molar-refractivity contribution in [2.75, 3.05) is 13.6 Å². The van der Waals surface area contributed by atoms with Gasteiger partial charge in [0, 0.05) is 18.0 Å². The van der Waals surface area contributed by atoms with Gasteiger partial charge in [-0.3, -0.25) is 4.99 Å². The molecule has 0 radical (unpaired) electrons. The van der Waals surface area contributed by atoms with Gasteiger partial charge in [-0.2, -0.15) is 5.10 Å². The van der Waals surface area contributed by atoms with Crippen molar-refractivity contribution in [3.05, 3.63) is 101 Å². The number of nitrogens with zero attached hydrogens (tertiary/aromatic N) is 3. The van der Waals surface area contributed by atoms with Gasteiger partial charge in [-0.15, -0.1) is 0 Å². The zero-order valence-electron chi connectivity index (χ0n) is 16.8. The third-order valence-electron chi connectivity index (χ3n) is 4.99. The Hall–Kier alpha value is -3.16. The van der Waals surface area contributed by atoms with Crippen molar-refractivity contribution in [3.63, 3.8) is 0 Å². The van der Waals surface area contributed by atoms with Gasteiger partial charge in [0.1, 0.15) is 0 Å². The van der Waals surface area contributed by atoms with Gasteiger partial charge in [0.2, 0.25) is 5.96 Å². The molecule has 0 unspecified atom stereocenters. The number of nitrogens with one attached hydrogen (secondary N) is 1. The summed E-state index contributed by atoms with van der Waals surface area (Å²) < 4.78 is 28.3. The van der Waals surface area contributed by atoms with Gasteiger partial charge in [0.15, 0.2) is 0 Å². The molecule has 31 heavy (non-hydrogen) atoms. The first-order chi connectivity index (χ1) is 15.0. The summed E-state index contributed by atoms with van der Waals surface area (Å²) in [5, 5.41) is 6.82. The molecule has 0 saturated carbocycles. The van der Waals surface area contributed by atoms with Crippen molar-refractivity contribution in [2.24, 2.45) is 10.1 Å². The molecule has 0 spiro atoms. The van der Waals surface area contributed by atoms with E-state index in [0.717, 1.165) is 16.8 Å². The maximum absolute atomic E-state index is 12.9. The molecule has 8 heteroatoms. The van der Waals surface area contributed by atoms with Crippen LogP contribution in [-0.4, -0.2) is 38.7 Å². The van der Waals surface area contributed by atoms with Crippen LogP contribution in [0, 0.1) is 0 Å². The number of sulfonamides is 1. The molecule has 0 aromatic heterocycles. The summed E-state index contributed by atoms with van der Waals surface area (Å²) in [5.74, 6) is 0.127. The third kappa shape index (κ3) is 4.62. The van der Waals surface area contributed by atoms with Crippen LogP contribution in [0.5, 0.6) is 0 Å². The first-order valence-corrected chi connectivity index (χ1v) is 11.6. The first-order valence-electron chi connectivity index (χ1n) is 9.69. The minimum absolute atomic E-state index is 0.0274. The summed E-state index contributed by atoms with van der Waals surface area (Å²) in [7, 11) is -2.31. The summed E-state index contributed by atoms with van der Waals surface area (Å²) in [5.41, 5.74) is 2.94. The lowest BCUT2D eigenvalue weighted by Gasteiger charge is -2.19. The predicted molar refractivity (Wildman–Crippen MR) is 124 cm³/mol. The summed E-state index contributed by atoms with van der Waals surface area (Å²) >= 11 is 5.88. The van der Waals surface area contributed by atoms with Crippen LogP contribution in [0.2, 0.25) is 5.02 Å². The summed E-state index contributed by atoms with van der Waals surface area (Å²) in [4.78, 5) is 4.27. The zero-order chi connectivity index (χ0) is 21.8. The average molecular weight is 453 g/mol. The van der Waals surface area contributed by atoms with Crippen LogP contribution in [0.3, 0.4) is 0 Å². The maximum Gasteiger partial charge on any atom is 0.264 e. The Morgan fingerprint density at radius 1 is 1.00 bits per heavy atom. The van der Waals surface area contributed by atoms with Gasteiger partial charge < -0.3 is 0 Å². The van der Waals surface area contributed by atoms with Gasteiger partial charge in [-0.1, -0.05) is 72.3 Å². The summed E-state index contributed by atoms with van der Waals surface area (Å²) in [6, 6.07) is 25.9. The van der Waals surface area contributed by atoms with Gasteiger partial charge in [-0.05, 0) is 35.4 Å². The lowest BCUT2D eigenvalue weighted by atomic mass is 9.91. The molecule has 4 rings (SSSR count). The summed E-state index contributed by atoms with van der Waals surface area (Å²) in [6.45, 7) is 0.462. The third-order valence-corrected chi connectivity index (χ3v) is 6.59. The van der Waals surface area contributed by atoms with Crippen LogP contribution in [0.4, 0.5) is 0 Å². The number of benzene rings is 3. The largest absolute Gasteiger partial charge is 0.264 e. The molecule has 1 atom stereocenters. The average Bonchev–Trinajstić information content (AvgIpc) is 3.24. The normalized spacial score (nSPS) is 16.8. The van der Waals surface area contributed by atoms with E-state index in [1.165, 1.54) is 31.3 Å². The molecule has 0 amide bonds. The molecule has 6 nitrogen and oxygen atoms in total. The zero-order valence-corrected chi connectivity index (χ0v) is 18.4.